The Hall–Kier alpha value is -2.21. The number of rotatable bonds is 3. The second-order valence-corrected chi connectivity index (χ2v) is 5.89. The number of para-hydroxylation sites is 1. The van der Waals surface area contributed by atoms with Crippen molar-refractivity contribution < 1.29 is 9.53 Å². The van der Waals surface area contributed by atoms with Gasteiger partial charge in [-0.2, -0.15) is 0 Å². The van der Waals surface area contributed by atoms with Crippen molar-refractivity contribution in [1.29, 1.82) is 0 Å². The summed E-state index contributed by atoms with van der Waals surface area (Å²) in [7, 11) is 0. The minimum atomic E-state index is -0.174. The first kappa shape index (κ1) is 15.7. The Bertz CT molecular complexity index is 784. The van der Waals surface area contributed by atoms with E-state index in [1.165, 1.54) is 10.9 Å². The second-order valence-electron chi connectivity index (χ2n) is 5.89. The molecule has 0 unspecified atom stereocenters. The average Bonchev–Trinajstić information content (AvgIpc) is 2.58. The lowest BCUT2D eigenvalue weighted by Crippen LogP contribution is -2.47. The molecule has 122 valence electrons. The van der Waals surface area contributed by atoms with Gasteiger partial charge in [0.15, 0.2) is 0 Å². The van der Waals surface area contributed by atoms with Crippen LogP contribution in [-0.2, 0) is 16.1 Å². The fourth-order valence-electron chi connectivity index (χ4n) is 2.89. The van der Waals surface area contributed by atoms with Crippen molar-refractivity contribution in [3.05, 3.63) is 40.4 Å². The number of carbonyl (C=O) groups excluding carboxylic acids is 1. The van der Waals surface area contributed by atoms with Crippen LogP contribution >= 0.6 is 0 Å². The van der Waals surface area contributed by atoms with Crippen molar-refractivity contribution in [2.75, 3.05) is 19.7 Å². The van der Waals surface area contributed by atoms with Crippen molar-refractivity contribution in [1.82, 2.24) is 14.5 Å². The van der Waals surface area contributed by atoms with E-state index in [4.69, 9.17) is 4.74 Å². The normalized spacial score (nSPS) is 18.3. The molecule has 2 heterocycles. The standard InChI is InChI=1S/C17H21N3O3/c1-3-13-9-19(7-8-23-13)15(21)10-20-11-18-16-12(2)5-4-6-14(16)17(20)22/h4-6,11,13H,3,7-10H2,1-2H3/t13-/m0/s1. The second kappa shape index (κ2) is 6.50. The smallest absolute Gasteiger partial charge is 0.261 e. The molecule has 1 atom stereocenters. The van der Waals surface area contributed by atoms with Gasteiger partial charge in [0, 0.05) is 13.1 Å². The van der Waals surface area contributed by atoms with Gasteiger partial charge < -0.3 is 9.64 Å². The largest absolute Gasteiger partial charge is 0.375 e. The molecule has 6 heteroatoms. The number of hydrogen-bond acceptors (Lipinski definition) is 4. The lowest BCUT2D eigenvalue weighted by molar-refractivity contribution is -0.139. The minimum Gasteiger partial charge on any atom is -0.375 e. The van der Waals surface area contributed by atoms with Gasteiger partial charge >= 0.3 is 0 Å². The van der Waals surface area contributed by atoms with Crippen LogP contribution in [0.3, 0.4) is 0 Å². The molecule has 23 heavy (non-hydrogen) atoms. The average molecular weight is 315 g/mol. The molecular formula is C17H21N3O3. The van der Waals surface area contributed by atoms with E-state index >= 15 is 0 Å². The van der Waals surface area contributed by atoms with E-state index in [1.807, 2.05) is 26.0 Å². The van der Waals surface area contributed by atoms with Crippen molar-refractivity contribution in [3.8, 4) is 0 Å². The molecule has 1 aliphatic rings. The van der Waals surface area contributed by atoms with Crippen molar-refractivity contribution >= 4 is 16.8 Å². The third-order valence-electron chi connectivity index (χ3n) is 4.31. The van der Waals surface area contributed by atoms with Gasteiger partial charge in [-0.25, -0.2) is 4.98 Å². The van der Waals surface area contributed by atoms with Gasteiger partial charge in [-0.1, -0.05) is 19.1 Å². The van der Waals surface area contributed by atoms with Gasteiger partial charge in [-0.3, -0.25) is 14.2 Å². The first-order chi connectivity index (χ1) is 11.1. The van der Waals surface area contributed by atoms with Gasteiger partial charge in [-0.15, -0.1) is 0 Å². The first-order valence-electron chi connectivity index (χ1n) is 7.94. The zero-order chi connectivity index (χ0) is 16.4. The number of amides is 1. The molecule has 1 aromatic carbocycles. The molecule has 3 rings (SSSR count). The summed E-state index contributed by atoms with van der Waals surface area (Å²) >= 11 is 0. The van der Waals surface area contributed by atoms with Crippen LogP contribution in [0.4, 0.5) is 0 Å². The Kier molecular flexibility index (Phi) is 4.43. The van der Waals surface area contributed by atoms with Crippen LogP contribution < -0.4 is 5.56 Å². The number of carbonyl (C=O) groups is 1. The number of fused-ring (bicyclic) bond motifs is 1. The van der Waals surface area contributed by atoms with Crippen LogP contribution in [0.15, 0.2) is 29.3 Å². The number of benzene rings is 1. The molecular weight excluding hydrogens is 294 g/mol. The molecule has 6 nitrogen and oxygen atoms in total. The van der Waals surface area contributed by atoms with Crippen LogP contribution in [0.25, 0.3) is 10.9 Å². The Morgan fingerprint density at radius 2 is 2.26 bits per heavy atom. The molecule has 0 bridgehead atoms. The van der Waals surface area contributed by atoms with E-state index in [0.29, 0.717) is 30.6 Å². The number of aromatic nitrogens is 2. The molecule has 1 fully saturated rings. The Morgan fingerprint density at radius 3 is 3.04 bits per heavy atom. The minimum absolute atomic E-state index is 0.0200. The number of aryl methyl sites for hydroxylation is 1. The van der Waals surface area contributed by atoms with E-state index in [9.17, 15) is 9.59 Å². The zero-order valence-electron chi connectivity index (χ0n) is 13.5. The molecule has 1 amide bonds. The maximum atomic E-state index is 12.5. The highest BCUT2D eigenvalue weighted by molar-refractivity contribution is 5.81. The van der Waals surface area contributed by atoms with Gasteiger partial charge in [0.2, 0.25) is 5.91 Å². The van der Waals surface area contributed by atoms with Crippen molar-refractivity contribution in [2.24, 2.45) is 0 Å². The Morgan fingerprint density at radius 1 is 1.43 bits per heavy atom. The van der Waals surface area contributed by atoms with E-state index < -0.39 is 0 Å². The molecule has 2 aromatic rings. The summed E-state index contributed by atoms with van der Waals surface area (Å²) in [6.45, 7) is 5.69. The maximum Gasteiger partial charge on any atom is 0.261 e. The molecule has 0 saturated carbocycles. The topological polar surface area (TPSA) is 64.4 Å². The van der Waals surface area contributed by atoms with E-state index in [0.717, 1.165) is 12.0 Å². The molecule has 0 radical (unpaired) electrons. The van der Waals surface area contributed by atoms with E-state index in [2.05, 4.69) is 4.98 Å². The highest BCUT2D eigenvalue weighted by Crippen LogP contribution is 2.12. The van der Waals surface area contributed by atoms with Crippen LogP contribution in [0, 0.1) is 6.92 Å². The van der Waals surface area contributed by atoms with Crippen molar-refractivity contribution in [3.63, 3.8) is 0 Å². The van der Waals surface area contributed by atoms with Gasteiger partial charge in [0.25, 0.3) is 5.56 Å². The first-order valence-corrected chi connectivity index (χ1v) is 7.94. The molecule has 1 saturated heterocycles. The number of hydrogen-bond donors (Lipinski definition) is 0. The molecule has 1 aromatic heterocycles. The summed E-state index contributed by atoms with van der Waals surface area (Å²) in [5, 5.41) is 0.550. The monoisotopic (exact) mass is 315 g/mol. The summed E-state index contributed by atoms with van der Waals surface area (Å²) in [5.41, 5.74) is 1.48. The maximum absolute atomic E-state index is 12.5. The number of morpholine rings is 1. The predicted molar refractivity (Wildman–Crippen MR) is 87.4 cm³/mol. The van der Waals surface area contributed by atoms with Crippen molar-refractivity contribution in [2.45, 2.75) is 32.9 Å². The molecule has 0 N–H and O–H groups in total. The summed E-state index contributed by atoms with van der Waals surface area (Å²) in [4.78, 5) is 31.1. The summed E-state index contributed by atoms with van der Waals surface area (Å²) in [6.07, 6.45) is 2.43. The van der Waals surface area contributed by atoms with Gasteiger partial charge in [-0.05, 0) is 25.0 Å². The summed E-state index contributed by atoms with van der Waals surface area (Å²) in [5.74, 6) is -0.0670. The van der Waals surface area contributed by atoms with E-state index in [1.54, 1.807) is 11.0 Å². The van der Waals surface area contributed by atoms with Crippen LogP contribution in [0.1, 0.15) is 18.9 Å². The fourth-order valence-corrected chi connectivity index (χ4v) is 2.89. The Labute approximate surface area is 134 Å². The zero-order valence-corrected chi connectivity index (χ0v) is 13.5. The van der Waals surface area contributed by atoms with Crippen LogP contribution in [0.5, 0.6) is 0 Å². The molecule has 1 aliphatic heterocycles. The lowest BCUT2D eigenvalue weighted by Gasteiger charge is -2.32. The molecule has 0 aliphatic carbocycles. The molecule has 0 spiro atoms. The third kappa shape index (κ3) is 3.12. The van der Waals surface area contributed by atoms with Gasteiger partial charge in [0.1, 0.15) is 6.54 Å². The van der Waals surface area contributed by atoms with Crippen LogP contribution in [0.2, 0.25) is 0 Å². The lowest BCUT2D eigenvalue weighted by atomic mass is 10.1. The Balaban J connectivity index is 1.83. The quantitative estimate of drug-likeness (QED) is 0.857. The third-order valence-corrected chi connectivity index (χ3v) is 4.31. The summed E-state index contributed by atoms with van der Waals surface area (Å²) in [6, 6.07) is 5.50. The number of nitrogens with zero attached hydrogens (tertiary/aromatic N) is 3. The SMILES string of the molecule is CC[C@H]1CN(C(=O)Cn2cnc3c(C)cccc3c2=O)CCO1. The van der Waals surface area contributed by atoms with Crippen LogP contribution in [-0.4, -0.2) is 46.2 Å². The predicted octanol–water partition coefficient (Wildman–Crippen LogP) is 1.34. The fraction of sp³-hybridized carbons (Fsp3) is 0.471. The highest BCUT2D eigenvalue weighted by Gasteiger charge is 2.23. The van der Waals surface area contributed by atoms with E-state index in [-0.39, 0.29) is 24.1 Å². The summed E-state index contributed by atoms with van der Waals surface area (Å²) < 4.78 is 6.97. The highest BCUT2D eigenvalue weighted by atomic mass is 16.5. The number of ether oxygens (including phenoxy) is 1. The van der Waals surface area contributed by atoms with Gasteiger partial charge in [0.05, 0.1) is 29.9 Å².